The first kappa shape index (κ1) is 12.9. The highest BCUT2D eigenvalue weighted by atomic mass is 16.2. The molecule has 106 valence electrons. The van der Waals surface area contributed by atoms with E-state index in [0.29, 0.717) is 5.92 Å². The SMILES string of the molecule is CC1C(=O)NC2(CCCCC2)C(=O)N1C(C)C1CC1. The monoisotopic (exact) mass is 264 g/mol. The lowest BCUT2D eigenvalue weighted by Gasteiger charge is -2.49. The number of hydrogen-bond acceptors (Lipinski definition) is 2. The Bertz CT molecular complexity index is 397. The summed E-state index contributed by atoms with van der Waals surface area (Å²) >= 11 is 0. The van der Waals surface area contributed by atoms with Crippen LogP contribution in [0.1, 0.15) is 58.8 Å². The summed E-state index contributed by atoms with van der Waals surface area (Å²) in [6.07, 6.45) is 7.31. The van der Waals surface area contributed by atoms with Gasteiger partial charge in [0.2, 0.25) is 11.8 Å². The van der Waals surface area contributed by atoms with Crippen molar-refractivity contribution in [2.45, 2.75) is 76.4 Å². The van der Waals surface area contributed by atoms with Crippen molar-refractivity contribution in [3.8, 4) is 0 Å². The first-order valence-corrected chi connectivity index (χ1v) is 7.70. The standard InChI is InChI=1S/C15H24N2O2/c1-10(12-6-7-12)17-11(2)13(18)16-15(14(17)19)8-4-3-5-9-15/h10-12H,3-9H2,1-2H3,(H,16,18). The molecule has 3 rings (SSSR count). The molecular weight excluding hydrogens is 240 g/mol. The van der Waals surface area contributed by atoms with Crippen LogP contribution in [0.15, 0.2) is 0 Å². The maximum atomic E-state index is 12.9. The number of carbonyl (C=O) groups excluding carboxylic acids is 2. The van der Waals surface area contributed by atoms with E-state index in [2.05, 4.69) is 12.2 Å². The van der Waals surface area contributed by atoms with Crippen LogP contribution < -0.4 is 5.32 Å². The third-order valence-corrected chi connectivity index (χ3v) is 5.25. The highest BCUT2D eigenvalue weighted by molar-refractivity contribution is 5.99. The summed E-state index contributed by atoms with van der Waals surface area (Å²) in [5.74, 6) is 0.825. The van der Waals surface area contributed by atoms with Gasteiger partial charge in [0.1, 0.15) is 11.6 Å². The van der Waals surface area contributed by atoms with Gasteiger partial charge in [0.05, 0.1) is 0 Å². The Morgan fingerprint density at radius 2 is 1.84 bits per heavy atom. The number of hydrogen-bond donors (Lipinski definition) is 1. The maximum Gasteiger partial charge on any atom is 0.249 e. The number of amides is 2. The van der Waals surface area contributed by atoms with Gasteiger partial charge in [0.25, 0.3) is 0 Å². The molecule has 0 aromatic rings. The van der Waals surface area contributed by atoms with E-state index in [1.807, 2.05) is 11.8 Å². The van der Waals surface area contributed by atoms with Crippen LogP contribution in [-0.4, -0.2) is 34.3 Å². The summed E-state index contributed by atoms with van der Waals surface area (Å²) in [4.78, 5) is 27.1. The van der Waals surface area contributed by atoms with Crippen molar-refractivity contribution in [3.05, 3.63) is 0 Å². The molecule has 1 heterocycles. The average Bonchev–Trinajstić information content (AvgIpc) is 3.22. The molecule has 4 heteroatoms. The predicted octanol–water partition coefficient (Wildman–Crippen LogP) is 1.83. The summed E-state index contributed by atoms with van der Waals surface area (Å²) in [7, 11) is 0. The van der Waals surface area contributed by atoms with Gasteiger partial charge in [-0.15, -0.1) is 0 Å². The molecule has 19 heavy (non-hydrogen) atoms. The number of carbonyl (C=O) groups is 2. The van der Waals surface area contributed by atoms with Gasteiger partial charge in [-0.2, -0.15) is 0 Å². The second-order valence-corrected chi connectivity index (χ2v) is 6.60. The molecule has 2 saturated carbocycles. The molecular formula is C15H24N2O2. The van der Waals surface area contributed by atoms with E-state index in [4.69, 9.17) is 0 Å². The average molecular weight is 264 g/mol. The Hall–Kier alpha value is -1.06. The van der Waals surface area contributed by atoms with Gasteiger partial charge in [0.15, 0.2) is 0 Å². The van der Waals surface area contributed by atoms with Crippen LogP contribution in [0.5, 0.6) is 0 Å². The highest BCUT2D eigenvalue weighted by Gasteiger charge is 2.52. The van der Waals surface area contributed by atoms with Gasteiger partial charge in [-0.25, -0.2) is 0 Å². The predicted molar refractivity (Wildman–Crippen MR) is 72.5 cm³/mol. The van der Waals surface area contributed by atoms with Crippen LogP contribution in [0, 0.1) is 5.92 Å². The lowest BCUT2D eigenvalue weighted by Crippen LogP contribution is -2.71. The van der Waals surface area contributed by atoms with Crippen LogP contribution in [0.25, 0.3) is 0 Å². The van der Waals surface area contributed by atoms with Gasteiger partial charge in [0, 0.05) is 6.04 Å². The quantitative estimate of drug-likeness (QED) is 0.827. The molecule has 1 spiro atoms. The number of piperazine rings is 1. The first-order valence-electron chi connectivity index (χ1n) is 7.70. The summed E-state index contributed by atoms with van der Waals surface area (Å²) < 4.78 is 0. The summed E-state index contributed by atoms with van der Waals surface area (Å²) in [5, 5.41) is 3.05. The van der Waals surface area contributed by atoms with Crippen LogP contribution in [0.2, 0.25) is 0 Å². The first-order chi connectivity index (χ1) is 9.05. The van der Waals surface area contributed by atoms with E-state index in [-0.39, 0.29) is 23.9 Å². The molecule has 0 bridgehead atoms. The molecule has 0 aromatic heterocycles. The summed E-state index contributed by atoms with van der Waals surface area (Å²) in [6, 6.07) is -0.0944. The van der Waals surface area contributed by atoms with Gasteiger partial charge < -0.3 is 10.2 Å². The van der Waals surface area contributed by atoms with E-state index >= 15 is 0 Å². The van der Waals surface area contributed by atoms with Crippen LogP contribution in [-0.2, 0) is 9.59 Å². The number of rotatable bonds is 2. The van der Waals surface area contributed by atoms with E-state index in [0.717, 1.165) is 25.7 Å². The Kier molecular flexibility index (Phi) is 3.06. The van der Waals surface area contributed by atoms with Gasteiger partial charge in [-0.1, -0.05) is 19.3 Å². The summed E-state index contributed by atoms with van der Waals surface area (Å²) in [6.45, 7) is 3.98. The minimum Gasteiger partial charge on any atom is -0.340 e. The lowest BCUT2D eigenvalue weighted by molar-refractivity contribution is -0.159. The topological polar surface area (TPSA) is 49.4 Å². The van der Waals surface area contributed by atoms with Crippen LogP contribution in [0.4, 0.5) is 0 Å². The normalized spacial score (nSPS) is 32.3. The van der Waals surface area contributed by atoms with Gasteiger partial charge in [-0.05, 0) is 45.4 Å². The molecule has 2 unspecified atom stereocenters. The van der Waals surface area contributed by atoms with Gasteiger partial charge in [-0.3, -0.25) is 9.59 Å². The van der Waals surface area contributed by atoms with E-state index < -0.39 is 5.54 Å². The Morgan fingerprint density at radius 3 is 2.42 bits per heavy atom. The molecule has 1 saturated heterocycles. The lowest BCUT2D eigenvalue weighted by atomic mass is 9.78. The Balaban J connectivity index is 1.88. The fraction of sp³-hybridized carbons (Fsp3) is 0.867. The van der Waals surface area contributed by atoms with Crippen molar-refractivity contribution in [1.82, 2.24) is 10.2 Å². The van der Waals surface area contributed by atoms with Crippen molar-refractivity contribution in [3.63, 3.8) is 0 Å². The minimum atomic E-state index is -0.578. The molecule has 3 aliphatic rings. The fourth-order valence-corrected chi connectivity index (χ4v) is 3.78. The minimum absolute atomic E-state index is 0.0361. The van der Waals surface area contributed by atoms with Crippen molar-refractivity contribution in [2.75, 3.05) is 0 Å². The summed E-state index contributed by atoms with van der Waals surface area (Å²) in [5.41, 5.74) is -0.578. The molecule has 2 aliphatic carbocycles. The van der Waals surface area contributed by atoms with Crippen molar-refractivity contribution in [2.24, 2.45) is 5.92 Å². The van der Waals surface area contributed by atoms with Gasteiger partial charge >= 0.3 is 0 Å². The van der Waals surface area contributed by atoms with Crippen LogP contribution in [0.3, 0.4) is 0 Å². The third kappa shape index (κ3) is 2.05. The number of nitrogens with zero attached hydrogens (tertiary/aromatic N) is 1. The second kappa shape index (κ2) is 4.50. The largest absolute Gasteiger partial charge is 0.340 e. The van der Waals surface area contributed by atoms with E-state index in [1.165, 1.54) is 19.3 Å². The fourth-order valence-electron chi connectivity index (χ4n) is 3.78. The zero-order chi connectivity index (χ0) is 13.6. The molecule has 1 aliphatic heterocycles. The molecule has 2 amide bonds. The Morgan fingerprint density at radius 1 is 1.21 bits per heavy atom. The highest BCUT2D eigenvalue weighted by Crippen LogP contribution is 2.40. The Labute approximate surface area is 114 Å². The molecule has 3 fully saturated rings. The number of nitrogens with one attached hydrogen (secondary N) is 1. The smallest absolute Gasteiger partial charge is 0.249 e. The molecule has 0 aromatic carbocycles. The van der Waals surface area contributed by atoms with E-state index in [1.54, 1.807) is 0 Å². The molecule has 2 atom stereocenters. The van der Waals surface area contributed by atoms with Crippen LogP contribution >= 0.6 is 0 Å². The van der Waals surface area contributed by atoms with E-state index in [9.17, 15) is 9.59 Å². The molecule has 4 nitrogen and oxygen atoms in total. The molecule has 1 N–H and O–H groups in total. The maximum absolute atomic E-state index is 12.9. The zero-order valence-electron chi connectivity index (χ0n) is 11.9. The van der Waals surface area contributed by atoms with Crippen molar-refractivity contribution < 1.29 is 9.59 Å². The van der Waals surface area contributed by atoms with Crippen molar-refractivity contribution >= 4 is 11.8 Å². The van der Waals surface area contributed by atoms with Crippen molar-refractivity contribution in [1.29, 1.82) is 0 Å². The molecule has 0 radical (unpaired) electrons. The third-order valence-electron chi connectivity index (χ3n) is 5.25. The second-order valence-electron chi connectivity index (χ2n) is 6.60. The zero-order valence-corrected chi connectivity index (χ0v) is 11.9.